The molecule has 0 N–H and O–H groups in total. The van der Waals surface area contributed by atoms with Crippen molar-refractivity contribution in [2.45, 2.75) is 58.8 Å². The second kappa shape index (κ2) is 14.2. The van der Waals surface area contributed by atoms with Gasteiger partial charge in [-0.05, 0) is 0 Å². The number of carbonyl (C=O) groups is 1. The van der Waals surface area contributed by atoms with Crippen LogP contribution < -0.4 is 4.74 Å². The van der Waals surface area contributed by atoms with Gasteiger partial charge in [-0.3, -0.25) is 0 Å². The van der Waals surface area contributed by atoms with E-state index in [9.17, 15) is 4.79 Å². The molecular formula is C21H35IO3. The van der Waals surface area contributed by atoms with Crippen LogP contribution in [-0.4, -0.2) is 21.7 Å². The average molecular weight is 462 g/mol. The zero-order chi connectivity index (χ0) is 19.2. The Hall–Kier alpha value is -1.04. The van der Waals surface area contributed by atoms with E-state index in [0.29, 0.717) is 12.2 Å². The molecule has 0 bridgehead atoms. The zero-order valence-corrected chi connectivity index (χ0v) is 19.1. The number of halogens is 1. The van der Waals surface area contributed by atoms with E-state index in [0.717, 1.165) is 37.8 Å². The summed E-state index contributed by atoms with van der Waals surface area (Å²) in [7, 11) is 1.68. The summed E-state index contributed by atoms with van der Waals surface area (Å²) in [4.78, 5) is 11.7. The number of hydrogen-bond donors (Lipinski definition) is 0. The van der Waals surface area contributed by atoms with Gasteiger partial charge < -0.3 is 0 Å². The molecule has 1 aromatic heterocycles. The fourth-order valence-corrected chi connectivity index (χ4v) is 8.01. The molecule has 0 amide bonds. The molecule has 0 unspecified atom stereocenters. The fraction of sp³-hybridized carbons (Fsp3) is 0.571. The number of ketones is 1. The van der Waals surface area contributed by atoms with Gasteiger partial charge in [0.25, 0.3) is 0 Å². The Morgan fingerprint density at radius 3 is 2.40 bits per heavy atom. The first-order valence-corrected chi connectivity index (χ1v) is 13.9. The summed E-state index contributed by atoms with van der Waals surface area (Å²) in [5.74, 6) is 2.27. The molecule has 0 aliphatic carbocycles. The first-order chi connectivity index (χ1) is 12.2. The van der Waals surface area contributed by atoms with E-state index in [-0.39, 0.29) is 0 Å². The topological polar surface area (TPSA) is 39.4 Å². The average Bonchev–Trinajstić information content (AvgIpc) is 3.07. The summed E-state index contributed by atoms with van der Waals surface area (Å²) < 4.78 is 14.3. The van der Waals surface area contributed by atoms with Crippen LogP contribution in [0.5, 0.6) is 5.75 Å². The number of fused-ring (bicyclic) bond motifs is 1. The van der Waals surface area contributed by atoms with Crippen LogP contribution in [-0.2, 0) is 9.22 Å². The number of ether oxygens (including phenoxy) is 1. The molecule has 2 rings (SSSR count). The molecule has 144 valence electrons. The summed E-state index contributed by atoms with van der Waals surface area (Å²) in [6.45, 7) is 12.2. The first-order valence-electron chi connectivity index (χ1n) is 9.32. The Morgan fingerprint density at radius 2 is 1.84 bits per heavy atom. The van der Waals surface area contributed by atoms with Crippen molar-refractivity contribution in [2.24, 2.45) is 0 Å². The van der Waals surface area contributed by atoms with Crippen LogP contribution in [0.25, 0.3) is 11.0 Å². The van der Waals surface area contributed by atoms with Gasteiger partial charge in [0, 0.05) is 0 Å². The van der Waals surface area contributed by atoms with Gasteiger partial charge in [0.2, 0.25) is 0 Å². The van der Waals surface area contributed by atoms with Gasteiger partial charge in [0.15, 0.2) is 0 Å². The Morgan fingerprint density at radius 1 is 1.16 bits per heavy atom. The van der Waals surface area contributed by atoms with Crippen LogP contribution in [0, 0.1) is 0 Å². The van der Waals surface area contributed by atoms with Gasteiger partial charge in [0.05, 0.1) is 0 Å². The Balaban J connectivity index is 0.00000134. The van der Waals surface area contributed by atoms with Gasteiger partial charge in [-0.15, -0.1) is 0 Å². The van der Waals surface area contributed by atoms with Gasteiger partial charge in [-0.25, -0.2) is 0 Å². The minimum absolute atomic E-state index is 0.405. The van der Waals surface area contributed by atoms with Crippen molar-refractivity contribution in [3.05, 3.63) is 30.0 Å². The Bertz CT molecular complexity index is 604. The number of hydrogen-bond acceptors (Lipinski definition) is 3. The van der Waals surface area contributed by atoms with E-state index in [1.807, 2.05) is 52.8 Å². The Labute approximate surface area is 160 Å². The quantitative estimate of drug-likeness (QED) is 0.317. The number of benzene rings is 1. The van der Waals surface area contributed by atoms with E-state index in [4.69, 9.17) is 9.15 Å². The molecule has 0 fully saturated rings. The van der Waals surface area contributed by atoms with Crippen LogP contribution in [0.15, 0.2) is 28.7 Å². The predicted octanol–water partition coefficient (Wildman–Crippen LogP) is 6.89. The molecule has 1 heterocycles. The maximum atomic E-state index is 11.7. The van der Waals surface area contributed by atoms with E-state index >= 15 is 0 Å². The molecule has 0 spiro atoms. The molecule has 0 saturated carbocycles. The van der Waals surface area contributed by atoms with E-state index < -0.39 is 19.8 Å². The number of alkyl halides is 3. The summed E-state index contributed by atoms with van der Waals surface area (Å²) >= 11 is -1.29. The maximum absolute atomic E-state index is 11.7. The van der Waals surface area contributed by atoms with Gasteiger partial charge in [-0.1, -0.05) is 27.7 Å². The van der Waals surface area contributed by atoms with Gasteiger partial charge in [0.1, 0.15) is 0 Å². The third-order valence-corrected chi connectivity index (χ3v) is 9.67. The van der Waals surface area contributed by atoms with Crippen LogP contribution >= 0.6 is 19.8 Å². The number of furan rings is 1. The van der Waals surface area contributed by atoms with Crippen LogP contribution in [0.2, 0.25) is 0 Å². The third-order valence-electron chi connectivity index (χ3n) is 3.30. The number of Topliss-reactive ketones (excluding diaryl/α,β-unsaturated/α-hetero) is 1. The fourth-order valence-electron chi connectivity index (χ4n) is 2.27. The molecule has 2 aromatic rings. The van der Waals surface area contributed by atoms with E-state index in [2.05, 4.69) is 13.0 Å². The molecule has 0 aliphatic rings. The SMILES string of the molecule is CC.CC.CCCI(CC(=O)CC)Cc1cc2c(OC)cccc2o1. The number of methoxy groups -OCH3 is 1. The normalized spacial score (nSPS) is 10.3. The Kier molecular flexibility index (Phi) is 13.6. The number of carbonyl (C=O) groups excluding carboxylic acids is 1. The number of rotatable bonds is 8. The second-order valence-corrected chi connectivity index (χ2v) is 10.8. The van der Waals surface area contributed by atoms with Crippen molar-refractivity contribution >= 4 is 36.6 Å². The first kappa shape index (κ1) is 24.0. The van der Waals surface area contributed by atoms with Crippen molar-refractivity contribution in [3.63, 3.8) is 0 Å². The van der Waals surface area contributed by atoms with Crippen LogP contribution in [0.1, 0.15) is 60.1 Å². The molecular weight excluding hydrogens is 427 g/mol. The van der Waals surface area contributed by atoms with Gasteiger partial charge >= 0.3 is 133 Å². The predicted molar refractivity (Wildman–Crippen MR) is 119 cm³/mol. The second-order valence-electron chi connectivity index (χ2n) is 5.00. The van der Waals surface area contributed by atoms with Crippen molar-refractivity contribution in [3.8, 4) is 5.75 Å². The van der Waals surface area contributed by atoms with Crippen molar-refractivity contribution in [1.82, 2.24) is 0 Å². The molecule has 4 heteroatoms. The third kappa shape index (κ3) is 7.80. The minimum atomic E-state index is -1.29. The molecule has 0 aliphatic heterocycles. The molecule has 25 heavy (non-hydrogen) atoms. The van der Waals surface area contributed by atoms with E-state index in [1.165, 1.54) is 4.43 Å². The monoisotopic (exact) mass is 462 g/mol. The zero-order valence-electron chi connectivity index (χ0n) is 16.9. The van der Waals surface area contributed by atoms with Crippen LogP contribution in [0.4, 0.5) is 0 Å². The van der Waals surface area contributed by atoms with Crippen molar-refractivity contribution in [1.29, 1.82) is 0 Å². The molecule has 3 nitrogen and oxygen atoms in total. The van der Waals surface area contributed by atoms with Gasteiger partial charge in [-0.2, -0.15) is 0 Å². The molecule has 1 aromatic carbocycles. The van der Waals surface area contributed by atoms with Crippen molar-refractivity contribution in [2.75, 3.05) is 16.0 Å². The summed E-state index contributed by atoms with van der Waals surface area (Å²) in [5.41, 5.74) is 0.874. The van der Waals surface area contributed by atoms with Crippen molar-refractivity contribution < 1.29 is 13.9 Å². The molecule has 0 atom stereocenters. The summed E-state index contributed by atoms with van der Waals surface area (Å²) in [6, 6.07) is 7.95. The van der Waals surface area contributed by atoms with E-state index in [1.54, 1.807) is 7.11 Å². The summed E-state index contributed by atoms with van der Waals surface area (Å²) in [6.07, 6.45) is 1.82. The summed E-state index contributed by atoms with van der Waals surface area (Å²) in [5, 5.41) is 1.03. The molecule has 0 saturated heterocycles. The molecule has 0 radical (unpaired) electrons. The standard InChI is InChI=1S/C17H23IO3.2C2H6/c1-4-9-18(11-13(19)5-2)12-14-10-15-16(20-3)7-6-8-17(15)21-14;2*1-2/h6-8,10H,4-5,9,11-12H2,1-3H3;2*1-2H3. The van der Waals surface area contributed by atoms with Crippen LogP contribution in [0.3, 0.4) is 0 Å².